The molecule has 0 amide bonds. The molecule has 2 aromatic rings. The minimum absolute atomic E-state index is 0.430. The van der Waals surface area contributed by atoms with Gasteiger partial charge in [-0.1, -0.05) is 17.4 Å². The third-order valence-corrected chi connectivity index (χ3v) is 2.21. The molecule has 0 unspecified atom stereocenters. The largest absolute Gasteiger partial charge is 0.384 e. The number of rotatable bonds is 1. The Balaban J connectivity index is 2.46. The van der Waals surface area contributed by atoms with E-state index >= 15 is 0 Å². The molecule has 0 fully saturated rings. The van der Waals surface area contributed by atoms with Gasteiger partial charge in [0, 0.05) is 0 Å². The summed E-state index contributed by atoms with van der Waals surface area (Å²) in [7, 11) is 0. The molecule has 4 N–H and O–H groups in total. The number of nitrogen functional groups attached to an aromatic ring is 2. The molecule has 0 aliphatic carbocycles. The number of hydrogen-bond donors (Lipinski definition) is 2. The summed E-state index contributed by atoms with van der Waals surface area (Å²) >= 11 is 1.29. The van der Waals surface area contributed by atoms with Crippen molar-refractivity contribution in [3.63, 3.8) is 0 Å². The maximum Gasteiger partial charge on any atom is 0.203 e. The van der Waals surface area contributed by atoms with E-state index in [1.807, 2.05) is 12.1 Å². The van der Waals surface area contributed by atoms with E-state index in [9.17, 15) is 0 Å². The Labute approximate surface area is 78.4 Å². The van der Waals surface area contributed by atoms with Crippen LogP contribution in [0.4, 0.5) is 10.9 Å². The third kappa shape index (κ3) is 1.57. The zero-order chi connectivity index (χ0) is 9.26. The van der Waals surface area contributed by atoms with Crippen LogP contribution in [0.3, 0.4) is 0 Å². The van der Waals surface area contributed by atoms with Crippen LogP contribution in [-0.4, -0.2) is 15.2 Å². The summed E-state index contributed by atoms with van der Waals surface area (Å²) in [6.45, 7) is 0. The maximum absolute atomic E-state index is 5.52. The van der Waals surface area contributed by atoms with Crippen LogP contribution in [0.1, 0.15) is 0 Å². The number of hydrogen-bond acceptors (Lipinski definition) is 6. The average Bonchev–Trinajstić information content (AvgIpc) is 2.52. The first kappa shape index (κ1) is 7.93. The van der Waals surface area contributed by atoms with Crippen molar-refractivity contribution in [2.75, 3.05) is 11.5 Å². The maximum atomic E-state index is 5.52. The fourth-order valence-electron chi connectivity index (χ4n) is 0.909. The summed E-state index contributed by atoms with van der Waals surface area (Å²) in [5.41, 5.74) is 11.7. The van der Waals surface area contributed by atoms with Gasteiger partial charge in [0.15, 0.2) is 5.01 Å². The normalized spacial score (nSPS) is 10.2. The van der Waals surface area contributed by atoms with Gasteiger partial charge in [-0.25, -0.2) is 4.98 Å². The fraction of sp³-hybridized carbons (Fsp3) is 0. The van der Waals surface area contributed by atoms with Gasteiger partial charge in [0.25, 0.3) is 0 Å². The molecule has 66 valence electrons. The Kier molecular flexibility index (Phi) is 1.82. The molecule has 13 heavy (non-hydrogen) atoms. The molecule has 0 bridgehead atoms. The van der Waals surface area contributed by atoms with Crippen LogP contribution in [0.5, 0.6) is 0 Å². The second kappa shape index (κ2) is 2.98. The van der Waals surface area contributed by atoms with Crippen molar-refractivity contribution in [3.8, 4) is 10.7 Å². The van der Waals surface area contributed by atoms with Gasteiger partial charge in [0.2, 0.25) is 5.13 Å². The Bertz CT molecular complexity index is 424. The van der Waals surface area contributed by atoms with Gasteiger partial charge in [-0.3, -0.25) is 0 Å². The average molecular weight is 193 g/mol. The molecule has 0 spiro atoms. The van der Waals surface area contributed by atoms with Crippen LogP contribution in [-0.2, 0) is 0 Å². The van der Waals surface area contributed by atoms with Crippen molar-refractivity contribution in [1.29, 1.82) is 0 Å². The third-order valence-electron chi connectivity index (χ3n) is 1.43. The summed E-state index contributed by atoms with van der Waals surface area (Å²) in [5.74, 6) is 0.464. The molecule has 2 heterocycles. The standard InChI is InChI=1S/C7H7N5S/c8-5-3-1-2-4(10-5)6-11-12-7(9)13-6/h1-3H,(H2,8,10)(H2,9,12). The molecule has 5 nitrogen and oxygen atoms in total. The van der Waals surface area contributed by atoms with E-state index in [-0.39, 0.29) is 0 Å². The Morgan fingerprint density at radius 1 is 1.15 bits per heavy atom. The van der Waals surface area contributed by atoms with E-state index in [4.69, 9.17) is 11.5 Å². The molecule has 0 radical (unpaired) electrons. The molecular weight excluding hydrogens is 186 g/mol. The number of nitrogens with two attached hydrogens (primary N) is 2. The lowest BCUT2D eigenvalue weighted by Crippen LogP contribution is -1.90. The second-order valence-corrected chi connectivity index (χ2v) is 3.40. The fourth-order valence-corrected chi connectivity index (χ4v) is 1.49. The summed E-state index contributed by atoms with van der Waals surface area (Å²) in [4.78, 5) is 4.09. The van der Waals surface area contributed by atoms with Crippen LogP contribution in [0.2, 0.25) is 0 Å². The zero-order valence-corrected chi connectivity index (χ0v) is 7.45. The van der Waals surface area contributed by atoms with Crippen LogP contribution in [0.15, 0.2) is 18.2 Å². The van der Waals surface area contributed by atoms with Gasteiger partial charge >= 0.3 is 0 Å². The number of pyridine rings is 1. The second-order valence-electron chi connectivity index (χ2n) is 2.39. The van der Waals surface area contributed by atoms with E-state index < -0.39 is 0 Å². The van der Waals surface area contributed by atoms with Crippen LogP contribution in [0, 0.1) is 0 Å². The van der Waals surface area contributed by atoms with Crippen molar-refractivity contribution in [2.24, 2.45) is 0 Å². The monoisotopic (exact) mass is 193 g/mol. The lowest BCUT2D eigenvalue weighted by atomic mass is 10.3. The van der Waals surface area contributed by atoms with Crippen molar-refractivity contribution < 1.29 is 0 Å². The molecular formula is C7H7N5S. The highest BCUT2D eigenvalue weighted by atomic mass is 32.1. The first-order chi connectivity index (χ1) is 6.25. The Morgan fingerprint density at radius 2 is 2.00 bits per heavy atom. The van der Waals surface area contributed by atoms with Gasteiger partial charge in [0.1, 0.15) is 11.5 Å². The van der Waals surface area contributed by atoms with Gasteiger partial charge in [0.05, 0.1) is 0 Å². The van der Waals surface area contributed by atoms with Crippen LogP contribution in [0.25, 0.3) is 10.7 Å². The van der Waals surface area contributed by atoms with E-state index in [2.05, 4.69) is 15.2 Å². The highest BCUT2D eigenvalue weighted by Crippen LogP contribution is 2.22. The number of nitrogens with zero attached hydrogens (tertiary/aromatic N) is 3. The molecule has 0 saturated carbocycles. The topological polar surface area (TPSA) is 90.7 Å². The van der Waals surface area contributed by atoms with Gasteiger partial charge in [-0.05, 0) is 12.1 Å². The first-order valence-corrected chi connectivity index (χ1v) is 4.39. The van der Waals surface area contributed by atoms with Crippen molar-refractivity contribution in [3.05, 3.63) is 18.2 Å². The van der Waals surface area contributed by atoms with Gasteiger partial charge in [-0.15, -0.1) is 10.2 Å². The lowest BCUT2D eigenvalue weighted by Gasteiger charge is -1.94. The van der Waals surface area contributed by atoms with E-state index in [1.165, 1.54) is 11.3 Å². The summed E-state index contributed by atoms with van der Waals surface area (Å²) < 4.78 is 0. The van der Waals surface area contributed by atoms with Crippen LogP contribution < -0.4 is 11.5 Å². The molecule has 0 atom stereocenters. The Morgan fingerprint density at radius 3 is 2.62 bits per heavy atom. The lowest BCUT2D eigenvalue weighted by molar-refractivity contribution is 1.09. The van der Waals surface area contributed by atoms with Crippen molar-refractivity contribution in [1.82, 2.24) is 15.2 Å². The minimum atomic E-state index is 0.430. The SMILES string of the molecule is Nc1cccc(-c2nnc(N)s2)n1. The smallest absolute Gasteiger partial charge is 0.203 e. The highest BCUT2D eigenvalue weighted by molar-refractivity contribution is 7.18. The first-order valence-electron chi connectivity index (χ1n) is 3.57. The molecule has 0 aliphatic rings. The number of aromatic nitrogens is 3. The molecule has 0 aliphatic heterocycles. The molecule has 6 heteroatoms. The molecule has 0 saturated heterocycles. The van der Waals surface area contributed by atoms with Crippen LogP contribution >= 0.6 is 11.3 Å². The highest BCUT2D eigenvalue weighted by Gasteiger charge is 2.05. The Hall–Kier alpha value is -1.69. The molecule has 0 aromatic carbocycles. The summed E-state index contributed by atoms with van der Waals surface area (Å²) in [6, 6.07) is 5.35. The quantitative estimate of drug-likeness (QED) is 0.697. The molecule has 2 rings (SSSR count). The van der Waals surface area contributed by atoms with Gasteiger partial charge < -0.3 is 11.5 Å². The predicted octanol–water partition coefficient (Wildman–Crippen LogP) is 0.765. The van der Waals surface area contributed by atoms with E-state index in [1.54, 1.807) is 6.07 Å². The van der Waals surface area contributed by atoms with Crippen molar-refractivity contribution >= 4 is 22.3 Å². The minimum Gasteiger partial charge on any atom is -0.384 e. The number of anilines is 2. The van der Waals surface area contributed by atoms with Crippen molar-refractivity contribution in [2.45, 2.75) is 0 Å². The predicted molar refractivity (Wildman–Crippen MR) is 52.0 cm³/mol. The molecule has 2 aromatic heterocycles. The van der Waals surface area contributed by atoms with E-state index in [0.717, 1.165) is 0 Å². The summed E-state index contributed by atoms with van der Waals surface area (Å²) in [5, 5.41) is 8.66. The summed E-state index contributed by atoms with van der Waals surface area (Å²) in [6.07, 6.45) is 0. The van der Waals surface area contributed by atoms with E-state index in [0.29, 0.717) is 21.7 Å². The zero-order valence-electron chi connectivity index (χ0n) is 6.64. The van der Waals surface area contributed by atoms with Gasteiger partial charge in [-0.2, -0.15) is 0 Å².